The zero-order valence-corrected chi connectivity index (χ0v) is 17.8. The molecule has 3 aromatic rings. The predicted octanol–water partition coefficient (Wildman–Crippen LogP) is 5.98. The highest BCUT2D eigenvalue weighted by Crippen LogP contribution is 2.30. The van der Waals surface area contributed by atoms with E-state index in [9.17, 15) is 4.79 Å². The first-order valence-corrected chi connectivity index (χ1v) is 10.4. The van der Waals surface area contributed by atoms with Crippen molar-refractivity contribution in [2.75, 3.05) is 11.9 Å². The van der Waals surface area contributed by atoms with Gasteiger partial charge in [-0.25, -0.2) is 0 Å². The van der Waals surface area contributed by atoms with Crippen molar-refractivity contribution >= 4 is 23.4 Å². The van der Waals surface area contributed by atoms with Crippen LogP contribution in [0.4, 0.5) is 5.69 Å². The van der Waals surface area contributed by atoms with Crippen LogP contribution in [0.1, 0.15) is 52.7 Å². The summed E-state index contributed by atoms with van der Waals surface area (Å²) < 4.78 is 5.25. The lowest BCUT2D eigenvalue weighted by Gasteiger charge is -2.20. The summed E-state index contributed by atoms with van der Waals surface area (Å²) in [4.78, 5) is 15.9. The fourth-order valence-electron chi connectivity index (χ4n) is 3.02. The van der Waals surface area contributed by atoms with Gasteiger partial charge in [-0.15, -0.1) is 11.8 Å². The number of hydrogen-bond donors (Lipinski definition) is 0. The Morgan fingerprint density at radius 3 is 2.57 bits per heavy atom. The molecule has 0 N–H and O–H groups in total. The van der Waals surface area contributed by atoms with Gasteiger partial charge in [0.25, 0.3) is 5.91 Å². The highest BCUT2D eigenvalue weighted by molar-refractivity contribution is 7.98. The van der Waals surface area contributed by atoms with Gasteiger partial charge >= 0.3 is 0 Å². The van der Waals surface area contributed by atoms with E-state index in [2.05, 4.69) is 31.1 Å². The number of aryl methyl sites for hydroxylation is 2. The van der Waals surface area contributed by atoms with Crippen LogP contribution in [-0.2, 0) is 5.75 Å². The molecule has 1 amide bonds. The lowest BCUT2D eigenvalue weighted by atomic mass is 10.0. The normalized spacial score (nSPS) is 11.1. The summed E-state index contributed by atoms with van der Waals surface area (Å²) in [5.74, 6) is 1.96. The third-order valence-corrected chi connectivity index (χ3v) is 6.00. The van der Waals surface area contributed by atoms with Gasteiger partial charge in [0.05, 0.1) is 11.3 Å². The van der Waals surface area contributed by atoms with E-state index >= 15 is 0 Å². The maximum Gasteiger partial charge on any atom is 0.259 e. The lowest BCUT2D eigenvalue weighted by molar-refractivity contribution is 0.0990. The first kappa shape index (κ1) is 20.2. The van der Waals surface area contributed by atoms with Crippen LogP contribution in [0.25, 0.3) is 0 Å². The average molecular weight is 395 g/mol. The molecule has 3 rings (SSSR count). The topological polar surface area (TPSA) is 46.3 Å². The van der Waals surface area contributed by atoms with E-state index < -0.39 is 0 Å². The molecule has 5 heteroatoms. The van der Waals surface area contributed by atoms with Crippen LogP contribution >= 0.6 is 11.8 Å². The summed E-state index contributed by atoms with van der Waals surface area (Å²) in [6.07, 6.45) is 0. The number of benzene rings is 2. The quantitative estimate of drug-likeness (QED) is 0.482. The summed E-state index contributed by atoms with van der Waals surface area (Å²) in [6, 6.07) is 15.9. The van der Waals surface area contributed by atoms with Crippen molar-refractivity contribution in [3.8, 4) is 0 Å². The number of rotatable bonds is 6. The van der Waals surface area contributed by atoms with Gasteiger partial charge in [0, 0.05) is 28.9 Å². The Kier molecular flexibility index (Phi) is 6.25. The molecule has 1 aromatic heterocycles. The zero-order valence-electron chi connectivity index (χ0n) is 17.0. The zero-order chi connectivity index (χ0) is 20.3. The van der Waals surface area contributed by atoms with Crippen molar-refractivity contribution in [2.45, 2.75) is 44.3 Å². The smallest absolute Gasteiger partial charge is 0.259 e. The van der Waals surface area contributed by atoms with Crippen molar-refractivity contribution in [2.24, 2.45) is 0 Å². The fraction of sp³-hybridized carbons (Fsp3) is 0.304. The first-order chi connectivity index (χ1) is 13.4. The van der Waals surface area contributed by atoms with Crippen LogP contribution in [0, 0.1) is 13.8 Å². The minimum absolute atomic E-state index is 0.0113. The van der Waals surface area contributed by atoms with Crippen LogP contribution in [-0.4, -0.2) is 18.1 Å². The lowest BCUT2D eigenvalue weighted by Crippen LogP contribution is -2.26. The Hall–Kier alpha value is -2.53. The van der Waals surface area contributed by atoms with E-state index in [1.54, 1.807) is 16.7 Å². The number of carbonyl (C=O) groups is 1. The van der Waals surface area contributed by atoms with Gasteiger partial charge in [0.1, 0.15) is 5.76 Å². The molecule has 0 aliphatic carbocycles. The van der Waals surface area contributed by atoms with Gasteiger partial charge in [-0.05, 0) is 49.6 Å². The molecule has 0 atom stereocenters. The van der Waals surface area contributed by atoms with E-state index in [1.165, 1.54) is 5.56 Å². The van der Waals surface area contributed by atoms with E-state index in [-0.39, 0.29) is 5.91 Å². The number of anilines is 1. The number of thioether (sulfide) groups is 1. The number of nitrogens with zero attached hydrogens (tertiary/aromatic N) is 2. The number of aromatic nitrogens is 1. The third-order valence-electron chi connectivity index (χ3n) is 4.90. The standard InChI is InChI=1S/C23H26N2O2S/c1-15(2)18-9-8-10-19(13-18)25(5)23(26)20-11-6-7-12-22(20)28-14-21-16(3)24-27-17(21)4/h6-13,15H,14H2,1-5H3. The Morgan fingerprint density at radius 2 is 1.89 bits per heavy atom. The molecule has 0 saturated heterocycles. The van der Waals surface area contributed by atoms with Gasteiger partial charge in [-0.3, -0.25) is 4.79 Å². The molecule has 0 aliphatic rings. The fourth-order valence-corrected chi connectivity index (χ4v) is 4.22. The molecular weight excluding hydrogens is 368 g/mol. The van der Waals surface area contributed by atoms with Crippen LogP contribution in [0.3, 0.4) is 0 Å². The summed E-state index contributed by atoms with van der Waals surface area (Å²) in [7, 11) is 1.83. The number of carbonyl (C=O) groups excluding carboxylic acids is 1. The molecule has 0 bridgehead atoms. The van der Waals surface area contributed by atoms with Crippen LogP contribution < -0.4 is 4.90 Å². The molecule has 0 saturated carbocycles. The Bertz CT molecular complexity index is 959. The molecule has 0 aliphatic heterocycles. The second-order valence-corrected chi connectivity index (χ2v) is 8.22. The van der Waals surface area contributed by atoms with Crippen LogP contribution in [0.2, 0.25) is 0 Å². The molecule has 4 nitrogen and oxygen atoms in total. The van der Waals surface area contributed by atoms with Gasteiger partial charge in [0.2, 0.25) is 0 Å². The van der Waals surface area contributed by atoms with E-state index in [1.807, 2.05) is 57.3 Å². The minimum Gasteiger partial charge on any atom is -0.361 e. The molecule has 0 unspecified atom stereocenters. The van der Waals surface area contributed by atoms with Gasteiger partial charge in [-0.2, -0.15) is 0 Å². The predicted molar refractivity (Wildman–Crippen MR) is 115 cm³/mol. The summed E-state index contributed by atoms with van der Waals surface area (Å²) >= 11 is 1.63. The van der Waals surface area contributed by atoms with E-state index in [0.717, 1.165) is 33.4 Å². The molecule has 0 fully saturated rings. The number of hydrogen-bond acceptors (Lipinski definition) is 4. The van der Waals surface area contributed by atoms with Crippen molar-refractivity contribution in [3.63, 3.8) is 0 Å². The Labute approximate surface area is 170 Å². The summed E-state index contributed by atoms with van der Waals surface area (Å²) in [6.45, 7) is 8.17. The van der Waals surface area contributed by atoms with Crippen LogP contribution in [0.15, 0.2) is 57.9 Å². The van der Waals surface area contributed by atoms with Crippen molar-refractivity contribution in [1.82, 2.24) is 5.16 Å². The minimum atomic E-state index is -0.0113. The van der Waals surface area contributed by atoms with E-state index in [0.29, 0.717) is 11.5 Å². The van der Waals surface area contributed by atoms with Crippen LogP contribution in [0.5, 0.6) is 0 Å². The number of amides is 1. The molecule has 146 valence electrons. The largest absolute Gasteiger partial charge is 0.361 e. The molecule has 1 heterocycles. The maximum absolute atomic E-state index is 13.2. The van der Waals surface area contributed by atoms with Crippen molar-refractivity contribution < 1.29 is 9.32 Å². The molecular formula is C23H26N2O2S. The molecule has 2 aromatic carbocycles. The van der Waals surface area contributed by atoms with Gasteiger partial charge < -0.3 is 9.42 Å². The maximum atomic E-state index is 13.2. The summed E-state index contributed by atoms with van der Waals surface area (Å²) in [5.41, 5.74) is 4.82. The second kappa shape index (κ2) is 8.65. The molecule has 0 radical (unpaired) electrons. The Balaban J connectivity index is 1.83. The highest BCUT2D eigenvalue weighted by atomic mass is 32.2. The monoisotopic (exact) mass is 394 g/mol. The highest BCUT2D eigenvalue weighted by Gasteiger charge is 2.19. The van der Waals surface area contributed by atoms with Gasteiger partial charge in [-0.1, -0.05) is 43.3 Å². The average Bonchev–Trinajstić information content (AvgIpc) is 3.03. The summed E-state index contributed by atoms with van der Waals surface area (Å²) in [5, 5.41) is 4.01. The second-order valence-electron chi connectivity index (χ2n) is 7.20. The van der Waals surface area contributed by atoms with Crippen molar-refractivity contribution in [1.29, 1.82) is 0 Å². The van der Waals surface area contributed by atoms with Crippen molar-refractivity contribution in [3.05, 3.63) is 76.7 Å². The molecule has 0 spiro atoms. The Morgan fingerprint density at radius 1 is 1.14 bits per heavy atom. The third kappa shape index (κ3) is 4.30. The SMILES string of the molecule is Cc1noc(C)c1CSc1ccccc1C(=O)N(C)c1cccc(C(C)C)c1. The van der Waals surface area contributed by atoms with E-state index in [4.69, 9.17) is 4.52 Å². The first-order valence-electron chi connectivity index (χ1n) is 9.40. The molecule has 28 heavy (non-hydrogen) atoms. The van der Waals surface area contributed by atoms with Gasteiger partial charge in [0.15, 0.2) is 0 Å².